The molecule has 2 unspecified atom stereocenters. The van der Waals surface area contributed by atoms with Gasteiger partial charge < -0.3 is 15.5 Å². The molecule has 0 heterocycles. The molecule has 0 spiro atoms. The Bertz CT molecular complexity index is 384. The van der Waals surface area contributed by atoms with Crippen LogP contribution in [0.15, 0.2) is 12.2 Å². The van der Waals surface area contributed by atoms with E-state index >= 15 is 0 Å². The van der Waals surface area contributed by atoms with Gasteiger partial charge in [-0.1, -0.05) is 116 Å². The van der Waals surface area contributed by atoms with Crippen LogP contribution in [0.3, 0.4) is 0 Å². The second kappa shape index (κ2) is 21.8. The standard InChI is InChI=1S/C25H49NO3/c1-3-5-7-8-9-10-11-12-13-14-15-16-17-18-19-21-25(29)26-23(22-27)24(28)20-6-4-2/h6,20,23-24,27-28H,3-5,7-19,21-22H2,1-2H3,(H,26,29)/b20-6+. The molecule has 0 aliphatic carbocycles. The molecule has 0 saturated heterocycles. The summed E-state index contributed by atoms with van der Waals surface area (Å²) in [5, 5.41) is 22.0. The molecule has 172 valence electrons. The van der Waals surface area contributed by atoms with Gasteiger partial charge in [-0.05, 0) is 12.8 Å². The highest BCUT2D eigenvalue weighted by atomic mass is 16.3. The molecule has 0 fully saturated rings. The number of hydrogen-bond acceptors (Lipinski definition) is 3. The number of aliphatic hydroxyl groups excluding tert-OH is 2. The number of carbonyl (C=O) groups is 1. The SMILES string of the molecule is CC/C=C/C(O)C(CO)NC(=O)CCCCCCCCCCCCCCCCC. The molecule has 3 N–H and O–H groups in total. The first-order valence-electron chi connectivity index (χ1n) is 12.4. The second-order valence-electron chi connectivity index (χ2n) is 8.38. The lowest BCUT2D eigenvalue weighted by atomic mass is 10.0. The van der Waals surface area contributed by atoms with Crippen LogP contribution in [-0.2, 0) is 4.79 Å². The summed E-state index contributed by atoms with van der Waals surface area (Å²) in [4.78, 5) is 12.0. The van der Waals surface area contributed by atoms with Gasteiger partial charge in [0.2, 0.25) is 5.91 Å². The van der Waals surface area contributed by atoms with Gasteiger partial charge in [0.15, 0.2) is 0 Å². The lowest BCUT2D eigenvalue weighted by Gasteiger charge is -2.19. The molecular weight excluding hydrogens is 362 g/mol. The normalized spacial score (nSPS) is 13.7. The summed E-state index contributed by atoms with van der Waals surface area (Å²) in [5.41, 5.74) is 0. The molecule has 29 heavy (non-hydrogen) atoms. The zero-order chi connectivity index (χ0) is 21.6. The number of carbonyl (C=O) groups excluding carboxylic acids is 1. The number of allylic oxidation sites excluding steroid dienone is 1. The number of unbranched alkanes of at least 4 members (excludes halogenated alkanes) is 14. The van der Waals surface area contributed by atoms with E-state index in [1.54, 1.807) is 6.08 Å². The van der Waals surface area contributed by atoms with Crippen molar-refractivity contribution in [2.75, 3.05) is 6.61 Å². The van der Waals surface area contributed by atoms with E-state index in [2.05, 4.69) is 12.2 Å². The summed E-state index contributed by atoms with van der Waals surface area (Å²) in [6.45, 7) is 4.00. The molecule has 0 aromatic carbocycles. The lowest BCUT2D eigenvalue weighted by Crippen LogP contribution is -2.45. The largest absolute Gasteiger partial charge is 0.394 e. The fraction of sp³-hybridized carbons (Fsp3) is 0.880. The van der Waals surface area contributed by atoms with Crippen molar-refractivity contribution in [2.45, 2.75) is 135 Å². The Morgan fingerprint density at radius 2 is 1.24 bits per heavy atom. The Morgan fingerprint density at radius 1 is 0.793 bits per heavy atom. The summed E-state index contributed by atoms with van der Waals surface area (Å²) >= 11 is 0. The van der Waals surface area contributed by atoms with Crippen molar-refractivity contribution < 1.29 is 15.0 Å². The smallest absolute Gasteiger partial charge is 0.220 e. The highest BCUT2D eigenvalue weighted by Crippen LogP contribution is 2.13. The van der Waals surface area contributed by atoms with Gasteiger partial charge in [0, 0.05) is 6.42 Å². The average molecular weight is 412 g/mol. The predicted octanol–water partition coefficient (Wildman–Crippen LogP) is 6.05. The van der Waals surface area contributed by atoms with Gasteiger partial charge in [0.05, 0.1) is 18.8 Å². The number of amides is 1. The van der Waals surface area contributed by atoms with Crippen molar-refractivity contribution in [3.63, 3.8) is 0 Å². The third-order valence-electron chi connectivity index (χ3n) is 5.53. The molecular formula is C25H49NO3. The molecule has 0 aromatic heterocycles. The van der Waals surface area contributed by atoms with Crippen molar-refractivity contribution >= 4 is 5.91 Å². The van der Waals surface area contributed by atoms with Crippen molar-refractivity contribution in [1.82, 2.24) is 5.32 Å². The van der Waals surface area contributed by atoms with E-state index in [9.17, 15) is 15.0 Å². The van der Waals surface area contributed by atoms with Crippen molar-refractivity contribution in [3.8, 4) is 0 Å². The minimum Gasteiger partial charge on any atom is -0.394 e. The van der Waals surface area contributed by atoms with Crippen molar-refractivity contribution in [2.24, 2.45) is 0 Å². The molecule has 0 bridgehead atoms. The zero-order valence-electron chi connectivity index (χ0n) is 19.3. The first kappa shape index (κ1) is 28.1. The Morgan fingerprint density at radius 3 is 1.66 bits per heavy atom. The number of aliphatic hydroxyl groups is 2. The van der Waals surface area contributed by atoms with Crippen LogP contribution in [0.25, 0.3) is 0 Å². The maximum Gasteiger partial charge on any atom is 0.220 e. The molecule has 0 aromatic rings. The van der Waals surface area contributed by atoms with E-state index in [1.807, 2.05) is 13.0 Å². The number of rotatable bonds is 21. The molecule has 4 nitrogen and oxygen atoms in total. The number of nitrogens with one attached hydrogen (secondary N) is 1. The topological polar surface area (TPSA) is 69.6 Å². The predicted molar refractivity (Wildman–Crippen MR) is 124 cm³/mol. The number of hydrogen-bond donors (Lipinski definition) is 3. The van der Waals surface area contributed by atoms with Gasteiger partial charge in [0.1, 0.15) is 0 Å². The quantitative estimate of drug-likeness (QED) is 0.159. The first-order chi connectivity index (χ1) is 14.2. The molecule has 0 aliphatic rings. The minimum atomic E-state index is -0.829. The van der Waals surface area contributed by atoms with Crippen LogP contribution in [0.5, 0.6) is 0 Å². The fourth-order valence-corrected chi connectivity index (χ4v) is 3.58. The van der Waals surface area contributed by atoms with Crippen LogP contribution in [0.4, 0.5) is 0 Å². The molecule has 1 amide bonds. The molecule has 2 atom stereocenters. The van der Waals surface area contributed by atoms with Gasteiger partial charge in [0.25, 0.3) is 0 Å². The summed E-state index contributed by atoms with van der Waals surface area (Å²) in [6, 6.07) is -0.610. The van der Waals surface area contributed by atoms with E-state index < -0.39 is 12.1 Å². The highest BCUT2D eigenvalue weighted by molar-refractivity contribution is 5.76. The van der Waals surface area contributed by atoms with E-state index in [0.29, 0.717) is 6.42 Å². The Kier molecular flexibility index (Phi) is 21.2. The minimum absolute atomic E-state index is 0.0808. The summed E-state index contributed by atoms with van der Waals surface area (Å²) in [5.74, 6) is -0.0808. The first-order valence-corrected chi connectivity index (χ1v) is 12.4. The summed E-state index contributed by atoms with van der Waals surface area (Å²) < 4.78 is 0. The Hall–Kier alpha value is -0.870. The van der Waals surface area contributed by atoms with Crippen LogP contribution in [0.1, 0.15) is 123 Å². The molecule has 0 saturated carbocycles. The van der Waals surface area contributed by atoms with Crippen molar-refractivity contribution in [1.29, 1.82) is 0 Å². The van der Waals surface area contributed by atoms with Gasteiger partial charge in [-0.3, -0.25) is 4.79 Å². The maximum absolute atomic E-state index is 12.0. The van der Waals surface area contributed by atoms with Gasteiger partial charge >= 0.3 is 0 Å². The second-order valence-corrected chi connectivity index (χ2v) is 8.38. The fourth-order valence-electron chi connectivity index (χ4n) is 3.58. The van der Waals surface area contributed by atoms with Crippen LogP contribution >= 0.6 is 0 Å². The summed E-state index contributed by atoms with van der Waals surface area (Å²) in [6.07, 6.45) is 23.6. The monoisotopic (exact) mass is 411 g/mol. The average Bonchev–Trinajstić information content (AvgIpc) is 2.72. The Labute approximate surface area is 180 Å². The Balaban J connectivity index is 3.45. The highest BCUT2D eigenvalue weighted by Gasteiger charge is 2.17. The zero-order valence-corrected chi connectivity index (χ0v) is 19.3. The van der Waals surface area contributed by atoms with Gasteiger partial charge in [-0.25, -0.2) is 0 Å². The third kappa shape index (κ3) is 18.9. The lowest BCUT2D eigenvalue weighted by molar-refractivity contribution is -0.123. The molecule has 0 aliphatic heterocycles. The van der Waals surface area contributed by atoms with E-state index in [4.69, 9.17) is 0 Å². The van der Waals surface area contributed by atoms with Gasteiger partial charge in [-0.15, -0.1) is 0 Å². The summed E-state index contributed by atoms with van der Waals surface area (Å²) in [7, 11) is 0. The van der Waals surface area contributed by atoms with Crippen LogP contribution < -0.4 is 5.32 Å². The van der Waals surface area contributed by atoms with Gasteiger partial charge in [-0.2, -0.15) is 0 Å². The van der Waals surface area contributed by atoms with E-state index in [0.717, 1.165) is 19.3 Å². The van der Waals surface area contributed by atoms with E-state index in [1.165, 1.54) is 83.5 Å². The van der Waals surface area contributed by atoms with Crippen LogP contribution in [0.2, 0.25) is 0 Å². The molecule has 0 radical (unpaired) electrons. The molecule has 0 rings (SSSR count). The molecule has 4 heteroatoms. The third-order valence-corrected chi connectivity index (χ3v) is 5.53. The maximum atomic E-state index is 12.0. The van der Waals surface area contributed by atoms with Crippen LogP contribution in [-0.4, -0.2) is 34.9 Å². The van der Waals surface area contributed by atoms with Crippen molar-refractivity contribution in [3.05, 3.63) is 12.2 Å². The van der Waals surface area contributed by atoms with Crippen LogP contribution in [0, 0.1) is 0 Å². The van der Waals surface area contributed by atoms with E-state index in [-0.39, 0.29) is 12.5 Å².